The number of carbonyl (C=O) groups excluding carboxylic acids is 1. The van der Waals surface area contributed by atoms with Gasteiger partial charge in [-0.05, 0) is 29.8 Å². The third-order valence-electron chi connectivity index (χ3n) is 5.81. The summed E-state index contributed by atoms with van der Waals surface area (Å²) in [6.45, 7) is 4.44. The summed E-state index contributed by atoms with van der Waals surface area (Å²) in [7, 11) is 0. The first kappa shape index (κ1) is 20.0. The van der Waals surface area contributed by atoms with E-state index in [2.05, 4.69) is 17.0 Å². The van der Waals surface area contributed by atoms with Crippen LogP contribution in [-0.2, 0) is 9.53 Å². The van der Waals surface area contributed by atoms with Gasteiger partial charge in [-0.3, -0.25) is 4.79 Å². The van der Waals surface area contributed by atoms with Crippen LogP contribution in [0, 0.1) is 0 Å². The molecule has 1 unspecified atom stereocenters. The summed E-state index contributed by atoms with van der Waals surface area (Å²) in [5, 5.41) is 8.03. The van der Waals surface area contributed by atoms with E-state index in [1.165, 1.54) is 0 Å². The lowest BCUT2D eigenvalue weighted by Gasteiger charge is -2.32. The summed E-state index contributed by atoms with van der Waals surface area (Å²) in [4.78, 5) is 19.8. The van der Waals surface area contributed by atoms with E-state index in [-0.39, 0.29) is 11.9 Å². The fraction of sp³-hybridized carbons (Fsp3) is 0.292. The fourth-order valence-electron chi connectivity index (χ4n) is 4.26. The largest absolute Gasteiger partial charge is 0.378 e. The minimum absolute atomic E-state index is 0.0879. The standard InChI is InChI=1S/C24H23ClN4O2/c1-16(30)29-23(15-22(27-29)17-6-8-19(25)9-7-17)20-14-18-4-2-3-5-21(18)26-24(20)28-10-12-31-13-11-28/h2-9,14,23H,10-13,15H2,1H3. The summed E-state index contributed by atoms with van der Waals surface area (Å²) in [6, 6.07) is 17.6. The highest BCUT2D eigenvalue weighted by atomic mass is 35.5. The van der Waals surface area contributed by atoms with Crippen LogP contribution < -0.4 is 4.90 Å². The van der Waals surface area contributed by atoms with Crippen molar-refractivity contribution in [2.45, 2.75) is 19.4 Å². The third kappa shape index (κ3) is 3.89. The average Bonchev–Trinajstić information content (AvgIpc) is 3.25. The van der Waals surface area contributed by atoms with Gasteiger partial charge in [0.1, 0.15) is 5.82 Å². The van der Waals surface area contributed by atoms with E-state index < -0.39 is 0 Å². The number of benzene rings is 2. The van der Waals surface area contributed by atoms with E-state index in [9.17, 15) is 4.79 Å². The van der Waals surface area contributed by atoms with Crippen LogP contribution in [0.1, 0.15) is 30.5 Å². The van der Waals surface area contributed by atoms with Gasteiger partial charge in [-0.25, -0.2) is 9.99 Å². The van der Waals surface area contributed by atoms with Gasteiger partial charge in [0.05, 0.1) is 30.5 Å². The highest BCUT2D eigenvalue weighted by molar-refractivity contribution is 6.30. The molecule has 2 aliphatic rings. The zero-order valence-corrected chi connectivity index (χ0v) is 18.0. The molecule has 1 saturated heterocycles. The first-order chi connectivity index (χ1) is 15.1. The Bertz CT molecular complexity index is 1160. The molecule has 7 heteroatoms. The molecule has 3 aromatic rings. The fourth-order valence-corrected chi connectivity index (χ4v) is 4.38. The smallest absolute Gasteiger partial charge is 0.240 e. The first-order valence-corrected chi connectivity index (χ1v) is 10.8. The number of nitrogens with zero attached hydrogens (tertiary/aromatic N) is 4. The number of amides is 1. The summed E-state index contributed by atoms with van der Waals surface area (Å²) >= 11 is 6.06. The summed E-state index contributed by atoms with van der Waals surface area (Å²) in [5.74, 6) is 0.820. The number of hydrogen-bond donors (Lipinski definition) is 0. The number of hydrazone groups is 1. The second-order valence-electron chi connectivity index (χ2n) is 7.83. The minimum atomic E-state index is -0.210. The third-order valence-corrected chi connectivity index (χ3v) is 6.06. The molecule has 0 saturated carbocycles. The zero-order chi connectivity index (χ0) is 21.4. The van der Waals surface area contributed by atoms with Gasteiger partial charge in [-0.15, -0.1) is 0 Å². The van der Waals surface area contributed by atoms with Crippen LogP contribution in [0.4, 0.5) is 5.82 Å². The Hall–Kier alpha value is -2.96. The minimum Gasteiger partial charge on any atom is -0.378 e. The highest BCUT2D eigenvalue weighted by Crippen LogP contribution is 2.39. The molecule has 6 nitrogen and oxygen atoms in total. The topological polar surface area (TPSA) is 58.0 Å². The molecule has 158 valence electrons. The van der Waals surface area contributed by atoms with Crippen molar-refractivity contribution in [2.75, 3.05) is 31.2 Å². The number of halogens is 1. The van der Waals surface area contributed by atoms with Gasteiger partial charge in [0.15, 0.2) is 0 Å². The van der Waals surface area contributed by atoms with Crippen molar-refractivity contribution in [3.63, 3.8) is 0 Å². The van der Waals surface area contributed by atoms with E-state index in [4.69, 9.17) is 26.4 Å². The number of morpholine rings is 1. The lowest BCUT2D eigenvalue weighted by atomic mass is 9.97. The molecule has 1 aromatic heterocycles. The van der Waals surface area contributed by atoms with Crippen molar-refractivity contribution >= 4 is 39.9 Å². The zero-order valence-electron chi connectivity index (χ0n) is 17.3. The Morgan fingerprint density at radius 1 is 1.10 bits per heavy atom. The van der Waals surface area contributed by atoms with Crippen molar-refractivity contribution in [2.24, 2.45) is 5.10 Å². The molecule has 0 bridgehead atoms. The van der Waals surface area contributed by atoms with E-state index in [1.807, 2.05) is 42.5 Å². The number of pyridine rings is 1. The van der Waals surface area contributed by atoms with Crippen LogP contribution in [0.2, 0.25) is 5.02 Å². The van der Waals surface area contributed by atoms with Crippen LogP contribution in [0.25, 0.3) is 10.9 Å². The van der Waals surface area contributed by atoms with E-state index in [0.29, 0.717) is 24.7 Å². The molecular weight excluding hydrogens is 412 g/mol. The van der Waals surface area contributed by atoms with Crippen LogP contribution in [-0.4, -0.2) is 47.9 Å². The molecule has 2 aromatic carbocycles. The van der Waals surface area contributed by atoms with Crippen LogP contribution in [0.5, 0.6) is 0 Å². The molecule has 3 heterocycles. The number of hydrogen-bond acceptors (Lipinski definition) is 5. The van der Waals surface area contributed by atoms with Crippen LogP contribution >= 0.6 is 11.6 Å². The van der Waals surface area contributed by atoms with E-state index in [0.717, 1.165) is 46.6 Å². The van der Waals surface area contributed by atoms with Gasteiger partial charge in [0.25, 0.3) is 0 Å². The predicted molar refractivity (Wildman–Crippen MR) is 123 cm³/mol. The SMILES string of the molecule is CC(=O)N1N=C(c2ccc(Cl)cc2)CC1c1cc2ccccc2nc1N1CCOCC1. The molecule has 31 heavy (non-hydrogen) atoms. The van der Waals surface area contributed by atoms with Gasteiger partial charge < -0.3 is 9.64 Å². The number of aromatic nitrogens is 1. The van der Waals surface area contributed by atoms with E-state index >= 15 is 0 Å². The Kier molecular flexibility index (Phi) is 5.34. The maximum atomic E-state index is 12.6. The van der Waals surface area contributed by atoms with Crippen LogP contribution in [0.15, 0.2) is 59.7 Å². The van der Waals surface area contributed by atoms with Gasteiger partial charge in [-0.1, -0.05) is 41.9 Å². The quantitative estimate of drug-likeness (QED) is 0.612. The average molecular weight is 435 g/mol. The highest BCUT2D eigenvalue weighted by Gasteiger charge is 2.35. The van der Waals surface area contributed by atoms with Gasteiger partial charge in [0, 0.05) is 42.4 Å². The van der Waals surface area contributed by atoms with Gasteiger partial charge >= 0.3 is 0 Å². The van der Waals surface area contributed by atoms with Gasteiger partial charge in [0.2, 0.25) is 5.91 Å². The number of ether oxygens (including phenoxy) is 1. The van der Waals surface area contributed by atoms with Crippen molar-refractivity contribution < 1.29 is 9.53 Å². The number of carbonyl (C=O) groups is 1. The molecule has 1 atom stereocenters. The molecule has 5 rings (SSSR count). The number of para-hydroxylation sites is 1. The molecule has 0 aliphatic carbocycles. The van der Waals surface area contributed by atoms with Crippen molar-refractivity contribution in [3.8, 4) is 0 Å². The molecule has 0 radical (unpaired) electrons. The summed E-state index contributed by atoms with van der Waals surface area (Å²) in [5.41, 5.74) is 3.81. The molecule has 1 fully saturated rings. The molecular formula is C24H23ClN4O2. The second-order valence-corrected chi connectivity index (χ2v) is 8.27. The van der Waals surface area contributed by atoms with Crippen molar-refractivity contribution in [1.29, 1.82) is 0 Å². The predicted octanol–water partition coefficient (Wildman–Crippen LogP) is 4.42. The van der Waals surface area contributed by atoms with Crippen molar-refractivity contribution in [1.82, 2.24) is 9.99 Å². The van der Waals surface area contributed by atoms with Gasteiger partial charge in [-0.2, -0.15) is 5.10 Å². The second kappa shape index (κ2) is 8.29. The first-order valence-electron chi connectivity index (χ1n) is 10.5. The maximum absolute atomic E-state index is 12.6. The number of anilines is 1. The molecule has 2 aliphatic heterocycles. The Morgan fingerprint density at radius 3 is 2.58 bits per heavy atom. The number of fused-ring (bicyclic) bond motifs is 1. The molecule has 0 spiro atoms. The maximum Gasteiger partial charge on any atom is 0.240 e. The Labute approximate surface area is 186 Å². The number of rotatable bonds is 3. The summed E-state index contributed by atoms with van der Waals surface area (Å²) in [6.07, 6.45) is 0.624. The Morgan fingerprint density at radius 2 is 1.84 bits per heavy atom. The lowest BCUT2D eigenvalue weighted by Crippen LogP contribution is -2.38. The monoisotopic (exact) mass is 434 g/mol. The van der Waals surface area contributed by atoms with Crippen molar-refractivity contribution in [3.05, 3.63) is 70.7 Å². The lowest BCUT2D eigenvalue weighted by molar-refractivity contribution is -0.130. The Balaban J connectivity index is 1.59. The van der Waals surface area contributed by atoms with E-state index in [1.54, 1.807) is 11.9 Å². The van der Waals surface area contributed by atoms with Crippen LogP contribution in [0.3, 0.4) is 0 Å². The molecule has 0 N–H and O–H groups in total. The molecule has 1 amide bonds. The summed E-state index contributed by atoms with van der Waals surface area (Å²) < 4.78 is 5.55. The normalized spacial score (nSPS) is 19.0.